The molecule has 2 aromatic carbocycles. The van der Waals surface area contributed by atoms with Crippen LogP contribution in [0.5, 0.6) is 0 Å². The molecular formula is C19H18N2O3S2. The molecule has 1 aromatic heterocycles. The Morgan fingerprint density at radius 1 is 0.962 bits per heavy atom. The lowest BCUT2D eigenvalue weighted by Crippen LogP contribution is -2.36. The molecule has 0 radical (unpaired) electrons. The Labute approximate surface area is 156 Å². The highest BCUT2D eigenvalue weighted by Gasteiger charge is 2.27. The van der Waals surface area contributed by atoms with E-state index in [4.69, 9.17) is 0 Å². The molecule has 1 atom stereocenters. The third-order valence-electron chi connectivity index (χ3n) is 3.75. The van der Waals surface area contributed by atoms with E-state index in [2.05, 4.69) is 10.0 Å². The van der Waals surface area contributed by atoms with Gasteiger partial charge < -0.3 is 5.32 Å². The van der Waals surface area contributed by atoms with Crippen molar-refractivity contribution in [1.82, 2.24) is 4.72 Å². The molecule has 1 heterocycles. The molecular weight excluding hydrogens is 368 g/mol. The molecule has 0 spiro atoms. The van der Waals surface area contributed by atoms with Gasteiger partial charge in [0.1, 0.15) is 10.3 Å². The number of thiophene rings is 1. The second-order valence-electron chi connectivity index (χ2n) is 5.75. The number of nitrogens with one attached hydrogen (secondary N) is 2. The Balaban J connectivity index is 1.88. The number of aryl methyl sites for hydroxylation is 1. The number of benzene rings is 2. The SMILES string of the molecule is Cc1ccc(NC(=O)[C@@H](NS(=O)(=O)c2cccs2)c2ccccc2)cc1. The average molecular weight is 386 g/mol. The lowest BCUT2D eigenvalue weighted by Gasteiger charge is -2.18. The molecule has 7 heteroatoms. The van der Waals surface area contributed by atoms with E-state index in [9.17, 15) is 13.2 Å². The molecule has 0 aliphatic carbocycles. The van der Waals surface area contributed by atoms with Gasteiger partial charge in [-0.1, -0.05) is 54.1 Å². The predicted octanol–water partition coefficient (Wildman–Crippen LogP) is 3.71. The fourth-order valence-electron chi connectivity index (χ4n) is 2.40. The van der Waals surface area contributed by atoms with Gasteiger partial charge in [-0.25, -0.2) is 8.42 Å². The molecule has 26 heavy (non-hydrogen) atoms. The molecule has 0 unspecified atom stereocenters. The zero-order valence-corrected chi connectivity index (χ0v) is 15.7. The van der Waals surface area contributed by atoms with Crippen molar-refractivity contribution in [3.05, 3.63) is 83.2 Å². The summed E-state index contributed by atoms with van der Waals surface area (Å²) in [5, 5.41) is 4.45. The van der Waals surface area contributed by atoms with Crippen LogP contribution < -0.4 is 10.0 Å². The number of carbonyl (C=O) groups excluding carboxylic acids is 1. The first-order valence-corrected chi connectivity index (χ1v) is 10.3. The number of hydrogen-bond donors (Lipinski definition) is 2. The highest BCUT2D eigenvalue weighted by molar-refractivity contribution is 7.91. The third kappa shape index (κ3) is 4.37. The van der Waals surface area contributed by atoms with Gasteiger partial charge in [0, 0.05) is 5.69 Å². The lowest BCUT2D eigenvalue weighted by molar-refractivity contribution is -0.117. The van der Waals surface area contributed by atoms with E-state index in [0.29, 0.717) is 11.3 Å². The number of rotatable bonds is 6. The quantitative estimate of drug-likeness (QED) is 0.678. The number of hydrogen-bond acceptors (Lipinski definition) is 4. The van der Waals surface area contributed by atoms with Crippen LogP contribution in [0.1, 0.15) is 17.2 Å². The highest BCUT2D eigenvalue weighted by Crippen LogP contribution is 2.22. The summed E-state index contributed by atoms with van der Waals surface area (Å²) < 4.78 is 27.9. The van der Waals surface area contributed by atoms with E-state index < -0.39 is 22.0 Å². The predicted molar refractivity (Wildman–Crippen MR) is 104 cm³/mol. The van der Waals surface area contributed by atoms with Crippen molar-refractivity contribution in [1.29, 1.82) is 0 Å². The lowest BCUT2D eigenvalue weighted by atomic mass is 10.1. The maximum absolute atomic E-state index is 12.8. The van der Waals surface area contributed by atoms with E-state index in [-0.39, 0.29) is 4.21 Å². The van der Waals surface area contributed by atoms with E-state index >= 15 is 0 Å². The zero-order valence-electron chi connectivity index (χ0n) is 14.0. The molecule has 5 nitrogen and oxygen atoms in total. The van der Waals surface area contributed by atoms with Crippen LogP contribution in [0.15, 0.2) is 76.3 Å². The average Bonchev–Trinajstić information content (AvgIpc) is 3.18. The van der Waals surface area contributed by atoms with Crippen LogP contribution in [0.2, 0.25) is 0 Å². The molecule has 2 N–H and O–H groups in total. The zero-order chi connectivity index (χ0) is 18.6. The molecule has 0 fully saturated rings. The van der Waals surface area contributed by atoms with Crippen molar-refractivity contribution >= 4 is 33.0 Å². The summed E-state index contributed by atoms with van der Waals surface area (Å²) in [6.45, 7) is 1.95. The summed E-state index contributed by atoms with van der Waals surface area (Å²) >= 11 is 1.10. The van der Waals surface area contributed by atoms with Gasteiger partial charge >= 0.3 is 0 Å². The van der Waals surface area contributed by atoms with Crippen LogP contribution in [0.3, 0.4) is 0 Å². The van der Waals surface area contributed by atoms with Crippen LogP contribution in [-0.4, -0.2) is 14.3 Å². The summed E-state index contributed by atoms with van der Waals surface area (Å²) in [5.74, 6) is -0.444. The van der Waals surface area contributed by atoms with Crippen LogP contribution in [0, 0.1) is 6.92 Å². The Bertz CT molecular complexity index is 967. The summed E-state index contributed by atoms with van der Waals surface area (Å²) in [7, 11) is -3.80. The van der Waals surface area contributed by atoms with Gasteiger partial charge in [0.25, 0.3) is 10.0 Å². The summed E-state index contributed by atoms with van der Waals surface area (Å²) in [6, 6.07) is 18.2. The molecule has 1 amide bonds. The van der Waals surface area contributed by atoms with Gasteiger partial charge in [-0.15, -0.1) is 11.3 Å². The van der Waals surface area contributed by atoms with Gasteiger partial charge in [-0.3, -0.25) is 4.79 Å². The van der Waals surface area contributed by atoms with E-state index in [0.717, 1.165) is 16.9 Å². The maximum Gasteiger partial charge on any atom is 0.251 e. The smallest absolute Gasteiger partial charge is 0.251 e. The number of amides is 1. The van der Waals surface area contributed by atoms with Crippen LogP contribution in [0.25, 0.3) is 0 Å². The number of carbonyl (C=O) groups is 1. The first-order valence-electron chi connectivity index (χ1n) is 7.94. The van der Waals surface area contributed by atoms with Crippen LogP contribution >= 0.6 is 11.3 Å². The summed E-state index contributed by atoms with van der Waals surface area (Å²) in [5.41, 5.74) is 2.25. The van der Waals surface area contributed by atoms with Crippen molar-refractivity contribution < 1.29 is 13.2 Å². The molecule has 3 aromatic rings. The van der Waals surface area contributed by atoms with Gasteiger partial charge in [-0.05, 0) is 36.1 Å². The fourth-order valence-corrected chi connectivity index (χ4v) is 4.59. The Morgan fingerprint density at radius 2 is 1.65 bits per heavy atom. The van der Waals surface area contributed by atoms with Crippen molar-refractivity contribution in [2.45, 2.75) is 17.2 Å². The molecule has 0 bridgehead atoms. The first kappa shape index (κ1) is 18.3. The van der Waals surface area contributed by atoms with Crippen LogP contribution in [0.4, 0.5) is 5.69 Å². The molecule has 0 aliphatic rings. The van der Waals surface area contributed by atoms with E-state index in [1.807, 2.05) is 25.1 Å². The highest BCUT2D eigenvalue weighted by atomic mass is 32.2. The van der Waals surface area contributed by atoms with Gasteiger partial charge in [0.15, 0.2) is 0 Å². The van der Waals surface area contributed by atoms with Crippen molar-refractivity contribution in [2.75, 3.05) is 5.32 Å². The molecule has 0 saturated carbocycles. The molecule has 3 rings (SSSR count). The van der Waals surface area contributed by atoms with Crippen molar-refractivity contribution in [3.63, 3.8) is 0 Å². The molecule has 0 saturated heterocycles. The second-order valence-corrected chi connectivity index (χ2v) is 8.64. The minimum atomic E-state index is -3.80. The fraction of sp³-hybridized carbons (Fsp3) is 0.105. The monoisotopic (exact) mass is 386 g/mol. The van der Waals surface area contributed by atoms with Gasteiger partial charge in [0.2, 0.25) is 5.91 Å². The van der Waals surface area contributed by atoms with Crippen LogP contribution in [-0.2, 0) is 14.8 Å². The van der Waals surface area contributed by atoms with E-state index in [1.54, 1.807) is 47.8 Å². The minimum absolute atomic E-state index is 0.168. The van der Waals surface area contributed by atoms with Crippen molar-refractivity contribution in [3.8, 4) is 0 Å². The first-order chi connectivity index (χ1) is 12.5. The van der Waals surface area contributed by atoms with Crippen molar-refractivity contribution in [2.24, 2.45) is 0 Å². The summed E-state index contributed by atoms with van der Waals surface area (Å²) in [4.78, 5) is 12.8. The topological polar surface area (TPSA) is 75.3 Å². The Morgan fingerprint density at radius 3 is 2.27 bits per heavy atom. The third-order valence-corrected chi connectivity index (χ3v) is 6.57. The largest absolute Gasteiger partial charge is 0.324 e. The van der Waals surface area contributed by atoms with Gasteiger partial charge in [-0.2, -0.15) is 4.72 Å². The molecule has 134 valence electrons. The van der Waals surface area contributed by atoms with E-state index in [1.165, 1.54) is 6.07 Å². The maximum atomic E-state index is 12.8. The Hall–Kier alpha value is -2.48. The second kappa shape index (κ2) is 7.82. The normalized spacial score (nSPS) is 12.5. The minimum Gasteiger partial charge on any atom is -0.324 e. The number of anilines is 1. The Kier molecular flexibility index (Phi) is 5.51. The number of sulfonamides is 1. The van der Waals surface area contributed by atoms with Gasteiger partial charge in [0.05, 0.1) is 0 Å². The standard InChI is InChI=1S/C19H18N2O3S2/c1-14-9-11-16(12-10-14)20-19(22)18(15-6-3-2-4-7-15)21-26(23,24)17-8-5-13-25-17/h2-13,18,21H,1H3,(H,20,22)/t18-/m0/s1. The summed E-state index contributed by atoms with van der Waals surface area (Å²) in [6.07, 6.45) is 0. The molecule has 0 aliphatic heterocycles.